The van der Waals surface area contributed by atoms with E-state index in [2.05, 4.69) is 17.1 Å². The van der Waals surface area contributed by atoms with Crippen molar-refractivity contribution in [3.05, 3.63) is 54.6 Å². The summed E-state index contributed by atoms with van der Waals surface area (Å²) < 4.78 is 5.75. The number of nitrogens with zero attached hydrogens (tertiary/aromatic N) is 1. The van der Waals surface area contributed by atoms with E-state index in [1.54, 1.807) is 0 Å². The number of anilines is 1. The van der Waals surface area contributed by atoms with Gasteiger partial charge in [-0.15, -0.1) is 0 Å². The largest absolute Gasteiger partial charge is 0.457 e. The van der Waals surface area contributed by atoms with Gasteiger partial charge in [0.25, 0.3) is 0 Å². The van der Waals surface area contributed by atoms with Gasteiger partial charge in [0.05, 0.1) is 6.54 Å². The molecule has 2 aromatic rings. The Morgan fingerprint density at radius 1 is 1.12 bits per heavy atom. The molecule has 0 aromatic heterocycles. The van der Waals surface area contributed by atoms with Crippen LogP contribution >= 0.6 is 0 Å². The predicted octanol–water partition coefficient (Wildman–Crippen LogP) is 4.15. The molecule has 1 aliphatic heterocycles. The van der Waals surface area contributed by atoms with Crippen LogP contribution in [0.3, 0.4) is 0 Å². The highest BCUT2D eigenvalue weighted by molar-refractivity contribution is 5.92. The lowest BCUT2D eigenvalue weighted by atomic mass is 10.0. The van der Waals surface area contributed by atoms with E-state index in [0.717, 1.165) is 30.3 Å². The number of para-hydroxylation sites is 1. The number of nitrogens with one attached hydrogen (secondary N) is 1. The van der Waals surface area contributed by atoms with E-state index >= 15 is 0 Å². The van der Waals surface area contributed by atoms with Gasteiger partial charge in [-0.2, -0.15) is 0 Å². The molecule has 1 aliphatic rings. The molecule has 2 aromatic carbocycles. The summed E-state index contributed by atoms with van der Waals surface area (Å²) in [6.07, 6.45) is 2.45. The van der Waals surface area contributed by atoms with Crippen LogP contribution in [0.5, 0.6) is 11.5 Å². The maximum atomic E-state index is 12.2. The predicted molar refractivity (Wildman–Crippen MR) is 96.4 cm³/mol. The molecule has 0 radical (unpaired) electrons. The molecule has 0 saturated carbocycles. The summed E-state index contributed by atoms with van der Waals surface area (Å²) in [7, 11) is 0. The zero-order valence-corrected chi connectivity index (χ0v) is 14.1. The monoisotopic (exact) mass is 324 g/mol. The molecule has 3 rings (SSSR count). The van der Waals surface area contributed by atoms with Crippen molar-refractivity contribution in [2.75, 3.05) is 25.0 Å². The molecule has 0 bridgehead atoms. The van der Waals surface area contributed by atoms with Crippen LogP contribution in [0.1, 0.15) is 19.8 Å². The Labute approximate surface area is 143 Å². The Morgan fingerprint density at radius 2 is 1.83 bits per heavy atom. The molecule has 1 atom stereocenters. The molecule has 126 valence electrons. The fraction of sp³-hybridized carbons (Fsp3) is 0.350. The molecule has 24 heavy (non-hydrogen) atoms. The Bertz CT molecular complexity index is 655. The SMILES string of the molecule is C[C@H]1CCCN(CC(=O)Nc2ccc(Oc3ccccc3)cc2)C1. The minimum atomic E-state index is 0.0424. The second kappa shape index (κ2) is 7.97. The number of carbonyl (C=O) groups is 1. The highest BCUT2D eigenvalue weighted by Gasteiger charge is 2.18. The third kappa shape index (κ3) is 4.83. The summed E-state index contributed by atoms with van der Waals surface area (Å²) in [5.74, 6) is 2.28. The van der Waals surface area contributed by atoms with Gasteiger partial charge in [-0.05, 0) is 61.7 Å². The summed E-state index contributed by atoms with van der Waals surface area (Å²) in [5, 5.41) is 2.96. The number of benzene rings is 2. The van der Waals surface area contributed by atoms with Gasteiger partial charge in [-0.25, -0.2) is 0 Å². The molecule has 0 spiro atoms. The van der Waals surface area contributed by atoms with Gasteiger partial charge in [0.15, 0.2) is 0 Å². The average Bonchev–Trinajstić information content (AvgIpc) is 2.57. The summed E-state index contributed by atoms with van der Waals surface area (Å²) >= 11 is 0. The fourth-order valence-electron chi connectivity index (χ4n) is 3.06. The average molecular weight is 324 g/mol. The zero-order chi connectivity index (χ0) is 16.8. The fourth-order valence-corrected chi connectivity index (χ4v) is 3.06. The number of piperidine rings is 1. The highest BCUT2D eigenvalue weighted by Crippen LogP contribution is 2.22. The Hall–Kier alpha value is -2.33. The first-order chi connectivity index (χ1) is 11.7. The number of hydrogen-bond donors (Lipinski definition) is 1. The van der Waals surface area contributed by atoms with Crippen LogP contribution < -0.4 is 10.1 Å². The van der Waals surface area contributed by atoms with Crippen LogP contribution in [-0.4, -0.2) is 30.4 Å². The summed E-state index contributed by atoms with van der Waals surface area (Å²) in [6, 6.07) is 17.1. The van der Waals surface area contributed by atoms with Crippen molar-refractivity contribution in [1.82, 2.24) is 4.90 Å². The van der Waals surface area contributed by atoms with Crippen molar-refractivity contribution in [3.63, 3.8) is 0 Å². The van der Waals surface area contributed by atoms with Crippen molar-refractivity contribution < 1.29 is 9.53 Å². The quantitative estimate of drug-likeness (QED) is 0.898. The third-order valence-electron chi connectivity index (χ3n) is 4.23. The van der Waals surface area contributed by atoms with E-state index in [1.807, 2.05) is 54.6 Å². The maximum Gasteiger partial charge on any atom is 0.238 e. The van der Waals surface area contributed by atoms with Crippen molar-refractivity contribution >= 4 is 11.6 Å². The minimum absolute atomic E-state index is 0.0424. The van der Waals surface area contributed by atoms with Crippen LogP contribution in [0.25, 0.3) is 0 Å². The van der Waals surface area contributed by atoms with E-state index in [4.69, 9.17) is 4.74 Å². The maximum absolute atomic E-state index is 12.2. The van der Waals surface area contributed by atoms with Gasteiger partial charge in [0.1, 0.15) is 11.5 Å². The smallest absolute Gasteiger partial charge is 0.238 e. The van der Waals surface area contributed by atoms with Gasteiger partial charge in [0.2, 0.25) is 5.91 Å². The second-order valence-electron chi connectivity index (χ2n) is 6.47. The number of amides is 1. The van der Waals surface area contributed by atoms with Crippen molar-refractivity contribution in [1.29, 1.82) is 0 Å². The molecular formula is C20H24N2O2. The first-order valence-corrected chi connectivity index (χ1v) is 8.54. The van der Waals surface area contributed by atoms with Crippen LogP contribution in [0.4, 0.5) is 5.69 Å². The molecule has 1 fully saturated rings. The van der Waals surface area contributed by atoms with Gasteiger partial charge in [0, 0.05) is 12.2 Å². The lowest BCUT2D eigenvalue weighted by molar-refractivity contribution is -0.117. The molecule has 4 nitrogen and oxygen atoms in total. The molecular weight excluding hydrogens is 300 g/mol. The molecule has 1 heterocycles. The van der Waals surface area contributed by atoms with Crippen LogP contribution in [0, 0.1) is 5.92 Å². The van der Waals surface area contributed by atoms with Gasteiger partial charge in [-0.3, -0.25) is 9.69 Å². The van der Waals surface area contributed by atoms with E-state index < -0.39 is 0 Å². The van der Waals surface area contributed by atoms with Gasteiger partial charge in [-0.1, -0.05) is 25.1 Å². The topological polar surface area (TPSA) is 41.6 Å². The number of rotatable bonds is 5. The Kier molecular flexibility index (Phi) is 5.49. The number of hydrogen-bond acceptors (Lipinski definition) is 3. The van der Waals surface area contributed by atoms with Crippen molar-refractivity contribution in [2.45, 2.75) is 19.8 Å². The Morgan fingerprint density at radius 3 is 2.54 bits per heavy atom. The van der Waals surface area contributed by atoms with E-state index in [-0.39, 0.29) is 5.91 Å². The third-order valence-corrected chi connectivity index (χ3v) is 4.23. The normalized spacial score (nSPS) is 18.1. The lowest BCUT2D eigenvalue weighted by Crippen LogP contribution is -2.39. The zero-order valence-electron chi connectivity index (χ0n) is 14.1. The van der Waals surface area contributed by atoms with Crippen molar-refractivity contribution in [3.8, 4) is 11.5 Å². The molecule has 0 unspecified atom stereocenters. The summed E-state index contributed by atoms with van der Waals surface area (Å²) in [6.45, 7) is 4.74. The number of ether oxygens (including phenoxy) is 1. The van der Waals surface area contributed by atoms with E-state index in [0.29, 0.717) is 12.5 Å². The Balaban J connectivity index is 1.51. The summed E-state index contributed by atoms with van der Waals surface area (Å²) in [4.78, 5) is 14.4. The van der Waals surface area contributed by atoms with Crippen LogP contribution in [0.15, 0.2) is 54.6 Å². The highest BCUT2D eigenvalue weighted by atomic mass is 16.5. The molecule has 1 saturated heterocycles. The van der Waals surface area contributed by atoms with E-state index in [1.165, 1.54) is 12.8 Å². The van der Waals surface area contributed by atoms with Crippen LogP contribution in [0.2, 0.25) is 0 Å². The number of likely N-dealkylation sites (tertiary alicyclic amines) is 1. The van der Waals surface area contributed by atoms with Gasteiger partial charge < -0.3 is 10.1 Å². The minimum Gasteiger partial charge on any atom is -0.457 e. The summed E-state index contributed by atoms with van der Waals surface area (Å²) in [5.41, 5.74) is 0.797. The lowest BCUT2D eigenvalue weighted by Gasteiger charge is -2.30. The molecule has 1 N–H and O–H groups in total. The molecule has 1 amide bonds. The first kappa shape index (κ1) is 16.5. The standard InChI is InChI=1S/C20H24N2O2/c1-16-6-5-13-22(14-16)15-20(23)21-17-9-11-19(12-10-17)24-18-7-3-2-4-8-18/h2-4,7-12,16H,5-6,13-15H2,1H3,(H,21,23)/t16-/m0/s1. The number of carbonyl (C=O) groups excluding carboxylic acids is 1. The van der Waals surface area contributed by atoms with Gasteiger partial charge >= 0.3 is 0 Å². The van der Waals surface area contributed by atoms with E-state index in [9.17, 15) is 4.79 Å². The second-order valence-corrected chi connectivity index (χ2v) is 6.47. The molecule has 0 aliphatic carbocycles. The molecule has 4 heteroatoms. The first-order valence-electron chi connectivity index (χ1n) is 8.54. The van der Waals surface area contributed by atoms with Crippen LogP contribution in [-0.2, 0) is 4.79 Å². The van der Waals surface area contributed by atoms with Crippen molar-refractivity contribution in [2.24, 2.45) is 5.92 Å².